The highest BCUT2D eigenvalue weighted by molar-refractivity contribution is 5.68. The van der Waals surface area contributed by atoms with Crippen LogP contribution in [0.2, 0.25) is 0 Å². The van der Waals surface area contributed by atoms with Crippen LogP contribution in [0.25, 0.3) is 0 Å². The molecule has 0 amide bonds. The molecule has 5 N–H and O–H groups in total. The number of aliphatic carboxylic acids is 1. The van der Waals surface area contributed by atoms with Gasteiger partial charge >= 0.3 is 5.97 Å². The Morgan fingerprint density at radius 2 is 2.00 bits per heavy atom. The molecule has 0 spiro atoms. The number of carboxylic acids is 1. The van der Waals surface area contributed by atoms with E-state index in [2.05, 4.69) is 22.1 Å². The minimum absolute atomic E-state index is 0.193. The van der Waals surface area contributed by atoms with Crippen molar-refractivity contribution in [3.05, 3.63) is 0 Å². The molecule has 2 saturated heterocycles. The van der Waals surface area contributed by atoms with Gasteiger partial charge in [-0.2, -0.15) is 0 Å². The van der Waals surface area contributed by atoms with Gasteiger partial charge in [0.15, 0.2) is 6.67 Å². The van der Waals surface area contributed by atoms with E-state index in [1.165, 1.54) is 37.0 Å². The molecule has 0 aliphatic carbocycles. The van der Waals surface area contributed by atoms with Gasteiger partial charge in [0.25, 0.3) is 0 Å². The Kier molecular flexibility index (Phi) is 10.8. The van der Waals surface area contributed by atoms with E-state index in [4.69, 9.17) is 5.11 Å². The zero-order chi connectivity index (χ0) is 24.6. The molecular weight excluding hydrogens is 432 g/mol. The van der Waals surface area contributed by atoms with Crippen molar-refractivity contribution in [2.45, 2.75) is 114 Å². The Morgan fingerprint density at radius 3 is 2.71 bits per heavy atom. The quantitative estimate of drug-likeness (QED) is 0.237. The van der Waals surface area contributed by atoms with E-state index in [1.54, 1.807) is 0 Å². The number of hydrogen-bond acceptors (Lipinski definition) is 6. The molecule has 0 radical (unpaired) electrons. The summed E-state index contributed by atoms with van der Waals surface area (Å²) >= 11 is 0. The van der Waals surface area contributed by atoms with Gasteiger partial charge < -0.3 is 25.5 Å². The van der Waals surface area contributed by atoms with Crippen LogP contribution < -0.4 is 10.2 Å². The third-order valence-corrected chi connectivity index (χ3v) is 8.58. The number of fused-ring (bicyclic) bond motifs is 1. The summed E-state index contributed by atoms with van der Waals surface area (Å²) in [5.74, 6) is -0.163. The number of unbranched alkanes of at least 4 members (excludes halogenated alkanes) is 4. The number of quaternary nitrogens is 1. The monoisotopic (exact) mass is 481 g/mol. The normalized spacial score (nSPS) is 33.5. The van der Waals surface area contributed by atoms with Crippen molar-refractivity contribution in [2.75, 3.05) is 32.8 Å². The van der Waals surface area contributed by atoms with E-state index in [0.717, 1.165) is 57.9 Å². The first-order chi connectivity index (χ1) is 16.3. The smallest absolute Gasteiger partial charge is 0.306 e. The number of carboxylic acid groups (broad SMARTS) is 1. The van der Waals surface area contributed by atoms with Gasteiger partial charge in [0.2, 0.25) is 0 Å². The van der Waals surface area contributed by atoms with Crippen LogP contribution in [0, 0.1) is 5.92 Å². The van der Waals surface area contributed by atoms with Crippen LogP contribution in [0.15, 0.2) is 4.99 Å². The molecule has 7 unspecified atom stereocenters. The molecule has 0 aromatic heterocycles. The number of likely N-dealkylation sites (N-methyl/N-ethyl adjacent to an activating group) is 1. The highest BCUT2D eigenvalue weighted by atomic mass is 16.4. The third-order valence-electron chi connectivity index (χ3n) is 8.58. The summed E-state index contributed by atoms with van der Waals surface area (Å²) in [6, 6.07) is 1.32. The highest BCUT2D eigenvalue weighted by Crippen LogP contribution is 2.35. The van der Waals surface area contributed by atoms with Gasteiger partial charge in [-0.05, 0) is 45.2 Å². The summed E-state index contributed by atoms with van der Waals surface area (Å²) < 4.78 is 0. The largest absolute Gasteiger partial charge is 0.481 e. The lowest BCUT2D eigenvalue weighted by molar-refractivity contribution is -0.915. The molecule has 3 aliphatic heterocycles. The lowest BCUT2D eigenvalue weighted by Gasteiger charge is -2.52. The molecule has 0 bridgehead atoms. The molecule has 8 nitrogen and oxygen atoms in total. The van der Waals surface area contributed by atoms with Gasteiger partial charge in [0.1, 0.15) is 12.6 Å². The standard InChI is InChI=1S/C26H48N4O4/c1-3-27-18-26(34,17-25(32)33)11-8-6-4-5-7-9-21-10-13-30-20(2)24(31)16-22(23(30)15-21)29-14-12-28-19-29/h12,20-24,27,31,34H,3-11,13-19H2,1-2H3,(H,32,33)/p+1. The molecule has 3 heterocycles. The molecule has 0 aromatic carbocycles. The average Bonchev–Trinajstić information content (AvgIpc) is 3.34. The van der Waals surface area contributed by atoms with Gasteiger partial charge in [0, 0.05) is 19.0 Å². The number of hydrogen-bond donors (Lipinski definition) is 5. The minimum atomic E-state index is -1.14. The summed E-state index contributed by atoms with van der Waals surface area (Å²) in [6.45, 7) is 8.19. The summed E-state index contributed by atoms with van der Waals surface area (Å²) in [5.41, 5.74) is -1.14. The Bertz CT molecular complexity index is 655. The second-order valence-electron chi connectivity index (χ2n) is 11.1. The van der Waals surface area contributed by atoms with Crippen molar-refractivity contribution in [3.8, 4) is 0 Å². The zero-order valence-corrected chi connectivity index (χ0v) is 21.4. The van der Waals surface area contributed by atoms with Crippen molar-refractivity contribution in [2.24, 2.45) is 10.9 Å². The molecule has 3 rings (SSSR count). The Morgan fingerprint density at radius 1 is 1.24 bits per heavy atom. The van der Waals surface area contributed by atoms with Crippen molar-refractivity contribution >= 4 is 12.2 Å². The van der Waals surface area contributed by atoms with Gasteiger partial charge in [-0.3, -0.25) is 9.69 Å². The summed E-state index contributed by atoms with van der Waals surface area (Å²) in [6.07, 6.45) is 12.4. The fraction of sp³-hybridized carbons (Fsp3) is 0.923. The number of piperidine rings is 2. The Labute approximate surface area is 205 Å². The first-order valence-electron chi connectivity index (χ1n) is 13.7. The molecule has 2 fully saturated rings. The SMILES string of the molecule is CCNCC(O)(CCCCCCCC1CCN2C(C)C(O)CC([NH+]3CC=NC3)C2C1)CC(=O)O. The van der Waals surface area contributed by atoms with Gasteiger partial charge in [-0.15, -0.1) is 0 Å². The molecule has 196 valence electrons. The maximum absolute atomic E-state index is 11.1. The zero-order valence-electron chi connectivity index (χ0n) is 21.4. The predicted octanol–water partition coefficient (Wildman–Crippen LogP) is 1.06. The third kappa shape index (κ3) is 7.72. The maximum Gasteiger partial charge on any atom is 0.306 e. The molecule has 0 saturated carbocycles. The van der Waals surface area contributed by atoms with Crippen LogP contribution in [0.4, 0.5) is 0 Å². The van der Waals surface area contributed by atoms with E-state index in [1.807, 2.05) is 13.1 Å². The number of carbonyl (C=O) groups is 1. The lowest BCUT2D eigenvalue weighted by atomic mass is 9.77. The number of rotatable bonds is 14. The number of nitrogens with zero attached hydrogens (tertiary/aromatic N) is 2. The van der Waals surface area contributed by atoms with Crippen LogP contribution in [-0.4, -0.2) is 95.1 Å². The average molecular weight is 482 g/mol. The van der Waals surface area contributed by atoms with Crippen molar-refractivity contribution in [3.63, 3.8) is 0 Å². The van der Waals surface area contributed by atoms with E-state index in [9.17, 15) is 15.0 Å². The van der Waals surface area contributed by atoms with E-state index < -0.39 is 11.6 Å². The van der Waals surface area contributed by atoms with Gasteiger partial charge in [-0.25, -0.2) is 4.99 Å². The molecule has 8 heteroatoms. The summed E-state index contributed by atoms with van der Waals surface area (Å²) in [7, 11) is 0. The van der Waals surface area contributed by atoms with E-state index in [-0.39, 0.29) is 18.6 Å². The number of aliphatic imine (C=N–C) groups is 1. The van der Waals surface area contributed by atoms with Crippen molar-refractivity contribution in [1.82, 2.24) is 10.2 Å². The second-order valence-corrected chi connectivity index (χ2v) is 11.1. The second kappa shape index (κ2) is 13.3. The Hall–Kier alpha value is -1.06. The fourth-order valence-electron chi connectivity index (χ4n) is 6.52. The molecule has 0 aromatic rings. The summed E-state index contributed by atoms with van der Waals surface area (Å²) in [5, 5.41) is 33.5. The number of aliphatic hydroxyl groups is 2. The van der Waals surface area contributed by atoms with E-state index in [0.29, 0.717) is 25.0 Å². The first kappa shape index (κ1) is 27.5. The number of aliphatic hydroxyl groups excluding tert-OH is 1. The maximum atomic E-state index is 11.1. The van der Waals surface area contributed by atoms with Crippen LogP contribution >= 0.6 is 0 Å². The molecular formula is C26H49N4O4+. The van der Waals surface area contributed by atoms with E-state index >= 15 is 0 Å². The molecule has 7 atom stereocenters. The lowest BCUT2D eigenvalue weighted by Crippen LogP contribution is -3.16. The topological polar surface area (TPSA) is 110 Å². The van der Waals surface area contributed by atoms with Crippen LogP contribution in [0.3, 0.4) is 0 Å². The van der Waals surface area contributed by atoms with Gasteiger partial charge in [0.05, 0.1) is 30.4 Å². The molecule has 34 heavy (non-hydrogen) atoms. The highest BCUT2D eigenvalue weighted by Gasteiger charge is 2.47. The Balaban J connectivity index is 1.36. The van der Waals surface area contributed by atoms with Crippen LogP contribution in [0.1, 0.15) is 84.5 Å². The minimum Gasteiger partial charge on any atom is -0.481 e. The molecule has 3 aliphatic rings. The van der Waals surface area contributed by atoms with Crippen molar-refractivity contribution in [1.29, 1.82) is 0 Å². The van der Waals surface area contributed by atoms with Gasteiger partial charge in [-0.1, -0.05) is 45.4 Å². The predicted molar refractivity (Wildman–Crippen MR) is 134 cm³/mol. The van der Waals surface area contributed by atoms with Crippen LogP contribution in [0.5, 0.6) is 0 Å². The van der Waals surface area contributed by atoms with Crippen molar-refractivity contribution < 1.29 is 25.0 Å². The van der Waals surface area contributed by atoms with Crippen LogP contribution in [-0.2, 0) is 4.79 Å². The summed E-state index contributed by atoms with van der Waals surface area (Å²) in [4.78, 5) is 19.7. The number of nitrogens with one attached hydrogen (secondary N) is 2. The first-order valence-corrected chi connectivity index (χ1v) is 13.7. The fourth-order valence-corrected chi connectivity index (χ4v) is 6.52.